The van der Waals surface area contributed by atoms with Crippen LogP contribution >= 0.6 is 0 Å². The Labute approximate surface area is 76.5 Å². The minimum Gasteiger partial charge on any atom is -0.484 e. The highest BCUT2D eigenvalue weighted by atomic mass is 16.6. The van der Waals surface area contributed by atoms with E-state index in [0.29, 0.717) is 24.5 Å². The fourth-order valence-electron chi connectivity index (χ4n) is 1.12. The molecule has 0 aromatic heterocycles. The van der Waals surface area contributed by atoms with E-state index in [1.54, 1.807) is 12.1 Å². The van der Waals surface area contributed by atoms with Crippen LogP contribution in [0.1, 0.15) is 5.56 Å². The smallest absolute Gasteiger partial charge is 0.145 e. The molecule has 0 radical (unpaired) electrons. The van der Waals surface area contributed by atoms with Gasteiger partial charge in [0.1, 0.15) is 17.9 Å². The van der Waals surface area contributed by atoms with E-state index < -0.39 is 0 Å². The van der Waals surface area contributed by atoms with Crippen LogP contribution in [-0.2, 0) is 4.74 Å². The van der Waals surface area contributed by atoms with E-state index >= 15 is 0 Å². The third-order valence-corrected chi connectivity index (χ3v) is 1.91. The molecule has 0 unspecified atom stereocenters. The minimum atomic E-state index is 0.120. The van der Waals surface area contributed by atoms with Gasteiger partial charge in [0.2, 0.25) is 0 Å². The monoisotopic (exact) mass is 175 g/mol. The average molecular weight is 175 g/mol. The molecule has 1 aliphatic heterocycles. The summed E-state index contributed by atoms with van der Waals surface area (Å²) in [7, 11) is 0. The maximum absolute atomic E-state index is 8.76. The van der Waals surface area contributed by atoms with Gasteiger partial charge in [0.25, 0.3) is 0 Å². The van der Waals surface area contributed by atoms with Crippen molar-refractivity contribution in [3.63, 3.8) is 0 Å². The van der Waals surface area contributed by atoms with E-state index in [4.69, 9.17) is 14.7 Å². The topological polar surface area (TPSA) is 42.2 Å². The molecule has 0 atom stereocenters. The summed E-state index contributed by atoms with van der Waals surface area (Å²) in [5, 5.41) is 8.76. The molecule has 1 saturated heterocycles. The highest BCUT2D eigenvalue weighted by Crippen LogP contribution is 2.20. The third kappa shape index (κ3) is 1.63. The zero-order valence-corrected chi connectivity index (χ0v) is 7.06. The first-order valence-corrected chi connectivity index (χ1v) is 4.13. The van der Waals surface area contributed by atoms with Crippen molar-refractivity contribution in [1.82, 2.24) is 0 Å². The molecule has 0 bridgehead atoms. The summed E-state index contributed by atoms with van der Waals surface area (Å²) in [5.41, 5.74) is 0.578. The van der Waals surface area contributed by atoms with Crippen molar-refractivity contribution in [2.24, 2.45) is 0 Å². The highest BCUT2D eigenvalue weighted by Gasteiger charge is 2.20. The molecule has 2 rings (SSSR count). The molecule has 1 fully saturated rings. The molecule has 3 nitrogen and oxygen atoms in total. The fourth-order valence-corrected chi connectivity index (χ4v) is 1.12. The zero-order chi connectivity index (χ0) is 9.10. The molecule has 0 saturated carbocycles. The minimum absolute atomic E-state index is 0.120. The molecule has 0 spiro atoms. The van der Waals surface area contributed by atoms with Crippen molar-refractivity contribution in [1.29, 1.82) is 5.26 Å². The molecule has 0 N–H and O–H groups in total. The molecular weight excluding hydrogens is 166 g/mol. The van der Waals surface area contributed by atoms with Crippen LogP contribution in [0.25, 0.3) is 0 Å². The van der Waals surface area contributed by atoms with Gasteiger partial charge in [-0.05, 0) is 12.1 Å². The van der Waals surface area contributed by atoms with Crippen LogP contribution in [0.2, 0.25) is 0 Å². The second-order valence-corrected chi connectivity index (χ2v) is 2.89. The Kier molecular flexibility index (Phi) is 2.15. The van der Waals surface area contributed by atoms with Crippen molar-refractivity contribution in [3.05, 3.63) is 29.8 Å². The Bertz CT molecular complexity index is 339. The summed E-state index contributed by atoms with van der Waals surface area (Å²) in [4.78, 5) is 0. The first kappa shape index (κ1) is 8.09. The summed E-state index contributed by atoms with van der Waals surface area (Å²) in [5.74, 6) is 0.651. The van der Waals surface area contributed by atoms with E-state index in [0.717, 1.165) is 0 Å². The standard InChI is InChI=1S/C10H9NO2/c11-5-8-3-1-2-4-10(8)13-9-6-12-7-9/h1-4,9H,6-7H2. The number of benzene rings is 1. The lowest BCUT2D eigenvalue weighted by Crippen LogP contribution is -2.38. The van der Waals surface area contributed by atoms with Crippen LogP contribution < -0.4 is 4.74 Å². The second kappa shape index (κ2) is 3.46. The van der Waals surface area contributed by atoms with Gasteiger partial charge in [0.15, 0.2) is 0 Å². The van der Waals surface area contributed by atoms with Gasteiger partial charge in [0.05, 0.1) is 18.8 Å². The van der Waals surface area contributed by atoms with Crippen LogP contribution in [0.3, 0.4) is 0 Å². The number of hydrogen-bond acceptors (Lipinski definition) is 3. The van der Waals surface area contributed by atoms with Gasteiger partial charge in [-0.1, -0.05) is 12.1 Å². The molecule has 13 heavy (non-hydrogen) atoms. The lowest BCUT2D eigenvalue weighted by atomic mass is 10.2. The van der Waals surface area contributed by atoms with Gasteiger partial charge in [-0.15, -0.1) is 0 Å². The van der Waals surface area contributed by atoms with Crippen molar-refractivity contribution >= 4 is 0 Å². The fraction of sp³-hybridized carbons (Fsp3) is 0.300. The number of rotatable bonds is 2. The van der Waals surface area contributed by atoms with Gasteiger partial charge >= 0.3 is 0 Å². The Morgan fingerprint density at radius 3 is 2.77 bits per heavy atom. The average Bonchev–Trinajstić information content (AvgIpc) is 2.12. The summed E-state index contributed by atoms with van der Waals surface area (Å²) in [6.07, 6.45) is 0.120. The summed E-state index contributed by atoms with van der Waals surface area (Å²) >= 11 is 0. The van der Waals surface area contributed by atoms with Crippen molar-refractivity contribution in [2.45, 2.75) is 6.10 Å². The quantitative estimate of drug-likeness (QED) is 0.681. The van der Waals surface area contributed by atoms with E-state index in [1.807, 2.05) is 12.1 Å². The van der Waals surface area contributed by atoms with Crippen LogP contribution in [0.4, 0.5) is 0 Å². The first-order valence-electron chi connectivity index (χ1n) is 4.13. The molecule has 1 aromatic rings. The third-order valence-electron chi connectivity index (χ3n) is 1.91. The normalized spacial score (nSPS) is 15.9. The van der Waals surface area contributed by atoms with Crippen LogP contribution in [0, 0.1) is 11.3 Å². The lowest BCUT2D eigenvalue weighted by Gasteiger charge is -2.26. The van der Waals surface area contributed by atoms with Gasteiger partial charge in [-0.25, -0.2) is 0 Å². The predicted octanol–water partition coefficient (Wildman–Crippen LogP) is 1.34. The molecule has 1 aromatic carbocycles. The molecule has 3 heteroatoms. The Morgan fingerprint density at radius 1 is 1.38 bits per heavy atom. The molecule has 0 aliphatic carbocycles. The Hall–Kier alpha value is -1.53. The number of para-hydroxylation sites is 1. The number of hydrogen-bond donors (Lipinski definition) is 0. The summed E-state index contributed by atoms with van der Waals surface area (Å²) in [6, 6.07) is 9.31. The molecular formula is C10H9NO2. The number of ether oxygens (including phenoxy) is 2. The van der Waals surface area contributed by atoms with E-state index in [1.165, 1.54) is 0 Å². The highest BCUT2D eigenvalue weighted by molar-refractivity contribution is 5.42. The zero-order valence-electron chi connectivity index (χ0n) is 7.06. The lowest BCUT2D eigenvalue weighted by molar-refractivity contribution is -0.0797. The van der Waals surface area contributed by atoms with Crippen LogP contribution in [-0.4, -0.2) is 19.3 Å². The molecule has 1 aliphatic rings. The summed E-state index contributed by atoms with van der Waals surface area (Å²) < 4.78 is 10.5. The van der Waals surface area contributed by atoms with E-state index in [9.17, 15) is 0 Å². The molecule has 66 valence electrons. The first-order chi connectivity index (χ1) is 6.40. The van der Waals surface area contributed by atoms with E-state index in [-0.39, 0.29) is 6.10 Å². The predicted molar refractivity (Wildman–Crippen MR) is 46.4 cm³/mol. The van der Waals surface area contributed by atoms with Crippen LogP contribution in [0.15, 0.2) is 24.3 Å². The van der Waals surface area contributed by atoms with Gasteiger partial charge in [-0.2, -0.15) is 5.26 Å². The van der Waals surface area contributed by atoms with Gasteiger partial charge in [0, 0.05) is 0 Å². The van der Waals surface area contributed by atoms with Gasteiger partial charge < -0.3 is 9.47 Å². The second-order valence-electron chi connectivity index (χ2n) is 2.89. The van der Waals surface area contributed by atoms with Crippen molar-refractivity contribution in [3.8, 4) is 11.8 Å². The van der Waals surface area contributed by atoms with E-state index in [2.05, 4.69) is 6.07 Å². The summed E-state index contributed by atoms with van der Waals surface area (Å²) in [6.45, 7) is 1.25. The van der Waals surface area contributed by atoms with Crippen molar-refractivity contribution in [2.75, 3.05) is 13.2 Å². The molecule has 0 amide bonds. The maximum atomic E-state index is 8.76. The number of nitrogens with zero attached hydrogens (tertiary/aromatic N) is 1. The largest absolute Gasteiger partial charge is 0.484 e. The van der Waals surface area contributed by atoms with Crippen molar-refractivity contribution < 1.29 is 9.47 Å². The Balaban J connectivity index is 2.14. The number of nitriles is 1. The Morgan fingerprint density at radius 2 is 2.15 bits per heavy atom. The van der Waals surface area contributed by atoms with Crippen LogP contribution in [0.5, 0.6) is 5.75 Å². The van der Waals surface area contributed by atoms with Gasteiger partial charge in [-0.3, -0.25) is 0 Å². The SMILES string of the molecule is N#Cc1ccccc1OC1COC1. The maximum Gasteiger partial charge on any atom is 0.145 e. The molecule has 1 heterocycles.